The van der Waals surface area contributed by atoms with Crippen LogP contribution in [0.4, 0.5) is 5.69 Å². The predicted molar refractivity (Wildman–Crippen MR) is 63.5 cm³/mol. The Hall–Kier alpha value is -1.44. The average Bonchev–Trinajstić information content (AvgIpc) is 2.26. The molecule has 0 amide bonds. The van der Waals surface area contributed by atoms with Gasteiger partial charge in [-0.05, 0) is 12.1 Å². The summed E-state index contributed by atoms with van der Waals surface area (Å²) in [5.41, 5.74) is -0.561. The highest BCUT2D eigenvalue weighted by atomic mass is 35.5. The first kappa shape index (κ1) is 13.6. The molecule has 0 heterocycles. The Morgan fingerprint density at radius 1 is 1.53 bits per heavy atom. The molecule has 0 saturated carbocycles. The van der Waals surface area contributed by atoms with E-state index in [2.05, 4.69) is 11.3 Å². The lowest BCUT2D eigenvalue weighted by molar-refractivity contribution is -0.387. The van der Waals surface area contributed by atoms with E-state index in [1.54, 1.807) is 0 Å². The molecule has 1 aromatic rings. The van der Waals surface area contributed by atoms with Crippen LogP contribution in [0.3, 0.4) is 0 Å². The maximum Gasteiger partial charge on any atom is 0.290 e. The topological polar surface area (TPSA) is 89.3 Å². The van der Waals surface area contributed by atoms with Crippen LogP contribution < -0.4 is 4.72 Å². The van der Waals surface area contributed by atoms with Gasteiger partial charge in [0.1, 0.15) is 0 Å². The van der Waals surface area contributed by atoms with Crippen molar-refractivity contribution in [2.45, 2.75) is 4.90 Å². The molecule has 1 N–H and O–H groups in total. The maximum absolute atomic E-state index is 11.7. The van der Waals surface area contributed by atoms with Crippen molar-refractivity contribution < 1.29 is 13.3 Å². The number of nitrogens with one attached hydrogen (secondary N) is 1. The van der Waals surface area contributed by atoms with Gasteiger partial charge < -0.3 is 0 Å². The summed E-state index contributed by atoms with van der Waals surface area (Å²) in [5, 5.41) is 10.8. The minimum Gasteiger partial charge on any atom is -0.258 e. The van der Waals surface area contributed by atoms with E-state index in [9.17, 15) is 18.5 Å². The molecule has 17 heavy (non-hydrogen) atoms. The molecule has 92 valence electrons. The van der Waals surface area contributed by atoms with Crippen molar-refractivity contribution in [3.63, 3.8) is 0 Å². The third kappa shape index (κ3) is 3.26. The Kier molecular flexibility index (Phi) is 4.22. The number of rotatable bonds is 5. The molecular formula is C9H9ClN2O4S. The molecule has 0 fully saturated rings. The summed E-state index contributed by atoms with van der Waals surface area (Å²) in [7, 11) is -3.94. The van der Waals surface area contributed by atoms with E-state index in [0.29, 0.717) is 0 Å². The number of hydrogen-bond acceptors (Lipinski definition) is 4. The molecule has 0 spiro atoms. The van der Waals surface area contributed by atoms with Gasteiger partial charge in [0.15, 0.2) is 4.90 Å². The minimum atomic E-state index is -3.94. The molecule has 0 radical (unpaired) electrons. The van der Waals surface area contributed by atoms with Crippen LogP contribution in [0.15, 0.2) is 35.7 Å². The van der Waals surface area contributed by atoms with E-state index in [1.807, 2.05) is 0 Å². The molecule has 0 aliphatic rings. The quantitative estimate of drug-likeness (QED) is 0.504. The Balaban J connectivity index is 3.30. The first-order valence-corrected chi connectivity index (χ1v) is 6.29. The van der Waals surface area contributed by atoms with Crippen molar-refractivity contribution in [1.82, 2.24) is 4.72 Å². The highest BCUT2D eigenvalue weighted by molar-refractivity contribution is 7.89. The number of nitro benzene ring substituents is 1. The van der Waals surface area contributed by atoms with Gasteiger partial charge in [-0.1, -0.05) is 17.7 Å². The smallest absolute Gasteiger partial charge is 0.258 e. The second kappa shape index (κ2) is 5.26. The van der Waals surface area contributed by atoms with Gasteiger partial charge in [-0.25, -0.2) is 13.1 Å². The van der Waals surface area contributed by atoms with Gasteiger partial charge in [-0.3, -0.25) is 10.1 Å². The number of halogens is 1. The summed E-state index contributed by atoms with van der Waals surface area (Å²) in [6.07, 6.45) is 1.33. The standard InChI is InChI=1S/C9H9ClN2O4S/c1-2-5-11-17(15,16)9-4-3-7(10)6-8(9)12(13)14/h2-4,6,11H,1,5H2. The highest BCUT2D eigenvalue weighted by Crippen LogP contribution is 2.26. The van der Waals surface area contributed by atoms with Gasteiger partial charge in [0.05, 0.1) is 4.92 Å². The zero-order chi connectivity index (χ0) is 13.1. The fourth-order valence-electron chi connectivity index (χ4n) is 1.11. The predicted octanol–water partition coefficient (Wildman–Crippen LogP) is 1.71. The lowest BCUT2D eigenvalue weighted by Crippen LogP contribution is -2.24. The lowest BCUT2D eigenvalue weighted by Gasteiger charge is -2.05. The molecule has 1 aromatic carbocycles. The number of nitrogens with zero attached hydrogens (tertiary/aromatic N) is 1. The van der Waals surface area contributed by atoms with Gasteiger partial charge >= 0.3 is 0 Å². The van der Waals surface area contributed by atoms with Crippen LogP contribution in [-0.4, -0.2) is 19.9 Å². The molecule has 0 aromatic heterocycles. The Labute approximate surface area is 103 Å². The van der Waals surface area contributed by atoms with Crippen molar-refractivity contribution in [3.8, 4) is 0 Å². The van der Waals surface area contributed by atoms with Gasteiger partial charge in [0.25, 0.3) is 5.69 Å². The number of nitro groups is 1. The summed E-state index contributed by atoms with van der Waals surface area (Å²) in [5.74, 6) is 0. The second-order valence-electron chi connectivity index (χ2n) is 3.01. The largest absolute Gasteiger partial charge is 0.290 e. The molecule has 6 nitrogen and oxygen atoms in total. The summed E-state index contributed by atoms with van der Waals surface area (Å²) in [4.78, 5) is 9.51. The fourth-order valence-corrected chi connectivity index (χ4v) is 2.42. The molecular weight excluding hydrogens is 268 g/mol. The van der Waals surface area contributed by atoms with Gasteiger partial charge in [-0.2, -0.15) is 0 Å². The van der Waals surface area contributed by atoms with Crippen LogP contribution in [0.5, 0.6) is 0 Å². The summed E-state index contributed by atoms with van der Waals surface area (Å²) in [6, 6.07) is 3.35. The van der Waals surface area contributed by atoms with E-state index in [1.165, 1.54) is 12.1 Å². The second-order valence-corrected chi connectivity index (χ2v) is 5.18. The first-order chi connectivity index (χ1) is 7.88. The van der Waals surface area contributed by atoms with Crippen molar-refractivity contribution in [1.29, 1.82) is 0 Å². The number of benzene rings is 1. The first-order valence-electron chi connectivity index (χ1n) is 4.43. The molecule has 0 bridgehead atoms. The van der Waals surface area contributed by atoms with Crippen molar-refractivity contribution in [2.75, 3.05) is 6.54 Å². The van der Waals surface area contributed by atoms with Crippen LogP contribution >= 0.6 is 11.6 Å². The maximum atomic E-state index is 11.7. The number of hydrogen-bond donors (Lipinski definition) is 1. The SMILES string of the molecule is C=CCNS(=O)(=O)c1ccc(Cl)cc1[N+](=O)[O-]. The normalized spacial score (nSPS) is 11.1. The molecule has 0 aliphatic heterocycles. The van der Waals surface area contributed by atoms with Gasteiger partial charge in [-0.15, -0.1) is 6.58 Å². The third-order valence-electron chi connectivity index (χ3n) is 1.82. The fraction of sp³-hybridized carbons (Fsp3) is 0.111. The Morgan fingerprint density at radius 3 is 2.71 bits per heavy atom. The van der Waals surface area contributed by atoms with Crippen molar-refractivity contribution in [2.24, 2.45) is 0 Å². The van der Waals surface area contributed by atoms with Gasteiger partial charge in [0.2, 0.25) is 10.0 Å². The number of sulfonamides is 1. The molecule has 0 aliphatic carbocycles. The minimum absolute atomic E-state index is 0.0118. The van der Waals surface area contributed by atoms with Crippen LogP contribution in [-0.2, 0) is 10.0 Å². The Bertz CT molecular complexity index is 556. The Morgan fingerprint density at radius 2 is 2.18 bits per heavy atom. The average molecular weight is 277 g/mol. The summed E-state index contributed by atoms with van der Waals surface area (Å²) < 4.78 is 25.6. The molecule has 0 unspecified atom stereocenters. The van der Waals surface area contributed by atoms with Crippen molar-refractivity contribution in [3.05, 3.63) is 46.0 Å². The highest BCUT2D eigenvalue weighted by Gasteiger charge is 2.25. The van der Waals surface area contributed by atoms with Crippen LogP contribution in [0, 0.1) is 10.1 Å². The molecule has 0 atom stereocenters. The third-order valence-corrected chi connectivity index (χ3v) is 3.53. The monoisotopic (exact) mass is 276 g/mol. The van der Waals surface area contributed by atoms with Crippen LogP contribution in [0.1, 0.15) is 0 Å². The van der Waals surface area contributed by atoms with Gasteiger partial charge in [0, 0.05) is 17.6 Å². The lowest BCUT2D eigenvalue weighted by atomic mass is 10.3. The van der Waals surface area contributed by atoms with Crippen LogP contribution in [0.25, 0.3) is 0 Å². The molecule has 8 heteroatoms. The molecule has 0 saturated heterocycles. The van der Waals surface area contributed by atoms with E-state index in [-0.39, 0.29) is 11.6 Å². The summed E-state index contributed by atoms with van der Waals surface area (Å²) >= 11 is 5.58. The van der Waals surface area contributed by atoms with E-state index in [4.69, 9.17) is 11.6 Å². The molecule has 1 rings (SSSR count). The van der Waals surface area contributed by atoms with E-state index < -0.39 is 25.5 Å². The van der Waals surface area contributed by atoms with E-state index >= 15 is 0 Å². The zero-order valence-electron chi connectivity index (χ0n) is 8.59. The summed E-state index contributed by atoms with van der Waals surface area (Å²) in [6.45, 7) is 3.34. The zero-order valence-corrected chi connectivity index (χ0v) is 10.2. The van der Waals surface area contributed by atoms with Crippen molar-refractivity contribution >= 4 is 27.3 Å². The van der Waals surface area contributed by atoms with E-state index in [0.717, 1.165) is 12.1 Å². The van der Waals surface area contributed by atoms with Crippen LogP contribution in [0.2, 0.25) is 5.02 Å².